The van der Waals surface area contributed by atoms with Crippen LogP contribution in [0.3, 0.4) is 0 Å². The topological polar surface area (TPSA) is 65.2 Å². The molecule has 0 atom stereocenters. The number of alkyl halides is 3. The number of thiocarbonyl (C=S) groups is 1. The summed E-state index contributed by atoms with van der Waals surface area (Å²) in [6, 6.07) is 10.1. The Morgan fingerprint density at radius 2 is 1.81 bits per heavy atom. The zero-order chi connectivity index (χ0) is 22.7. The normalized spacial score (nSPS) is 16.3. The number of aromatic nitrogens is 2. The van der Waals surface area contributed by atoms with Crippen LogP contribution in [-0.4, -0.2) is 26.3 Å². The molecule has 1 aromatic heterocycles. The van der Waals surface area contributed by atoms with Gasteiger partial charge in [-0.25, -0.2) is 0 Å². The van der Waals surface area contributed by atoms with E-state index in [0.29, 0.717) is 5.69 Å². The fraction of sp³-hybridized carbons (Fsp3) is 0.238. The van der Waals surface area contributed by atoms with Crippen molar-refractivity contribution in [3.8, 4) is 6.07 Å². The predicted octanol–water partition coefficient (Wildman–Crippen LogP) is 4.38. The number of rotatable bonds is 2. The van der Waals surface area contributed by atoms with Crippen LogP contribution in [0, 0.1) is 11.3 Å². The molecule has 1 fully saturated rings. The van der Waals surface area contributed by atoms with Gasteiger partial charge in [0.1, 0.15) is 5.54 Å². The highest BCUT2D eigenvalue weighted by Gasteiger charge is 2.50. The summed E-state index contributed by atoms with van der Waals surface area (Å²) < 4.78 is 42.0. The monoisotopic (exact) mass is 443 g/mol. The maximum atomic E-state index is 13.4. The summed E-state index contributed by atoms with van der Waals surface area (Å²) in [6.45, 7) is 3.31. The first-order valence-electron chi connectivity index (χ1n) is 9.18. The largest absolute Gasteiger partial charge is 0.417 e. The summed E-state index contributed by atoms with van der Waals surface area (Å²) in [5.74, 6) is -0.472. The smallest absolute Gasteiger partial charge is 0.303 e. The minimum absolute atomic E-state index is 0.0430. The van der Waals surface area contributed by atoms with Crippen molar-refractivity contribution < 1.29 is 18.0 Å². The first-order chi connectivity index (χ1) is 14.5. The van der Waals surface area contributed by atoms with E-state index in [9.17, 15) is 18.0 Å². The van der Waals surface area contributed by atoms with Crippen molar-refractivity contribution in [1.82, 2.24) is 9.78 Å². The van der Waals surface area contributed by atoms with Crippen LogP contribution in [0.2, 0.25) is 0 Å². The summed E-state index contributed by atoms with van der Waals surface area (Å²) >= 11 is 5.55. The average Bonchev–Trinajstić information content (AvgIpc) is 3.15. The van der Waals surface area contributed by atoms with Gasteiger partial charge < -0.3 is 4.90 Å². The van der Waals surface area contributed by atoms with Gasteiger partial charge in [-0.2, -0.15) is 23.5 Å². The Hall–Kier alpha value is -3.45. The molecule has 2 heterocycles. The number of nitrogens with zero attached hydrogens (tertiary/aromatic N) is 5. The molecule has 31 heavy (non-hydrogen) atoms. The SMILES string of the molecule is Cn1ncc2ccc(N3C(=S)N(c4ccc(C#N)c(C(F)(F)F)c4)C(=O)C3(C)C)cc21. The lowest BCUT2D eigenvalue weighted by atomic mass is 10.0. The van der Waals surface area contributed by atoms with Gasteiger partial charge in [-0.05, 0) is 62.5 Å². The fourth-order valence-corrected chi connectivity index (χ4v) is 4.25. The van der Waals surface area contributed by atoms with Crippen LogP contribution < -0.4 is 9.80 Å². The van der Waals surface area contributed by atoms with Gasteiger partial charge in [-0.15, -0.1) is 0 Å². The van der Waals surface area contributed by atoms with Crippen LogP contribution in [0.15, 0.2) is 42.6 Å². The minimum Gasteiger partial charge on any atom is -0.303 e. The third-order valence-corrected chi connectivity index (χ3v) is 5.71. The molecule has 1 aliphatic heterocycles. The maximum Gasteiger partial charge on any atom is 0.417 e. The van der Waals surface area contributed by atoms with E-state index in [0.717, 1.165) is 27.9 Å². The van der Waals surface area contributed by atoms with Crippen molar-refractivity contribution in [2.24, 2.45) is 7.05 Å². The van der Waals surface area contributed by atoms with Crippen molar-refractivity contribution >= 4 is 45.5 Å². The van der Waals surface area contributed by atoms with Crippen molar-refractivity contribution in [1.29, 1.82) is 5.26 Å². The van der Waals surface area contributed by atoms with Gasteiger partial charge in [0.25, 0.3) is 5.91 Å². The Labute approximate surface area is 181 Å². The number of benzene rings is 2. The molecule has 1 aliphatic rings. The summed E-state index contributed by atoms with van der Waals surface area (Å²) in [6.07, 6.45) is -3.04. The number of halogens is 3. The highest BCUT2D eigenvalue weighted by Crippen LogP contribution is 2.40. The molecular weight excluding hydrogens is 427 g/mol. The molecule has 0 saturated carbocycles. The number of aryl methyl sites for hydroxylation is 1. The van der Waals surface area contributed by atoms with Gasteiger partial charge in [0.05, 0.1) is 34.6 Å². The number of fused-ring (bicyclic) bond motifs is 1. The second kappa shape index (κ2) is 6.78. The van der Waals surface area contributed by atoms with Crippen LogP contribution in [0.1, 0.15) is 25.0 Å². The summed E-state index contributed by atoms with van der Waals surface area (Å²) in [7, 11) is 1.78. The first kappa shape index (κ1) is 20.8. The van der Waals surface area contributed by atoms with Crippen molar-refractivity contribution in [3.05, 3.63) is 53.7 Å². The molecule has 1 amide bonds. The number of hydrogen-bond donors (Lipinski definition) is 0. The second-order valence-electron chi connectivity index (χ2n) is 7.67. The highest BCUT2D eigenvalue weighted by molar-refractivity contribution is 7.81. The Kier molecular flexibility index (Phi) is 4.55. The predicted molar refractivity (Wildman–Crippen MR) is 114 cm³/mol. The molecule has 10 heteroatoms. The van der Waals surface area contributed by atoms with E-state index in [1.807, 2.05) is 12.1 Å². The van der Waals surface area contributed by atoms with Crippen LogP contribution in [-0.2, 0) is 18.0 Å². The summed E-state index contributed by atoms with van der Waals surface area (Å²) in [5, 5.41) is 14.2. The van der Waals surface area contributed by atoms with Gasteiger partial charge in [-0.1, -0.05) is 0 Å². The third-order valence-electron chi connectivity index (χ3n) is 5.35. The zero-order valence-electron chi connectivity index (χ0n) is 16.7. The number of hydrogen-bond acceptors (Lipinski definition) is 4. The molecule has 4 rings (SSSR count). The van der Waals surface area contributed by atoms with Crippen molar-refractivity contribution in [3.63, 3.8) is 0 Å². The van der Waals surface area contributed by atoms with E-state index in [1.54, 1.807) is 42.7 Å². The first-order valence-corrected chi connectivity index (χ1v) is 9.59. The molecule has 0 bridgehead atoms. The number of anilines is 2. The Morgan fingerprint density at radius 3 is 2.45 bits per heavy atom. The molecule has 1 saturated heterocycles. The van der Waals surface area contributed by atoms with E-state index in [1.165, 1.54) is 12.1 Å². The number of amides is 1. The van der Waals surface area contributed by atoms with Gasteiger partial charge in [0, 0.05) is 18.1 Å². The van der Waals surface area contributed by atoms with Gasteiger partial charge in [0.2, 0.25) is 0 Å². The molecular formula is C21H16F3N5OS. The summed E-state index contributed by atoms with van der Waals surface area (Å²) in [4.78, 5) is 15.9. The lowest BCUT2D eigenvalue weighted by Crippen LogP contribution is -2.44. The standard InChI is InChI=1S/C21H16F3N5OS/c1-20(2)18(30)28(14-6-4-12(10-25)16(8-14)21(22,23)24)19(31)29(20)15-7-5-13-11-26-27(3)17(13)9-15/h4-9,11H,1-3H3. The van der Waals surface area contributed by atoms with E-state index < -0.39 is 28.7 Å². The Morgan fingerprint density at radius 1 is 1.13 bits per heavy atom. The van der Waals surface area contributed by atoms with Crippen LogP contribution in [0.5, 0.6) is 0 Å². The molecule has 0 unspecified atom stereocenters. The lowest BCUT2D eigenvalue weighted by Gasteiger charge is -2.29. The van der Waals surface area contributed by atoms with E-state index in [-0.39, 0.29) is 10.8 Å². The fourth-order valence-electron chi connectivity index (χ4n) is 3.73. The minimum atomic E-state index is -4.74. The molecule has 158 valence electrons. The second-order valence-corrected chi connectivity index (χ2v) is 8.03. The molecule has 0 radical (unpaired) electrons. The number of carbonyl (C=O) groups excluding carboxylic acids is 1. The lowest BCUT2D eigenvalue weighted by molar-refractivity contribution is -0.137. The van der Waals surface area contributed by atoms with Gasteiger partial charge in [0.15, 0.2) is 5.11 Å². The summed E-state index contributed by atoms with van der Waals surface area (Å²) in [5.41, 5.74) is -1.39. The van der Waals surface area contributed by atoms with Crippen LogP contribution >= 0.6 is 12.2 Å². The molecule has 0 N–H and O–H groups in total. The van der Waals surface area contributed by atoms with Crippen molar-refractivity contribution in [2.75, 3.05) is 9.80 Å². The van der Waals surface area contributed by atoms with Crippen LogP contribution in [0.4, 0.5) is 24.5 Å². The molecule has 3 aromatic rings. The molecule has 0 aliphatic carbocycles. The number of carbonyl (C=O) groups is 1. The van der Waals surface area contributed by atoms with Crippen LogP contribution in [0.25, 0.3) is 10.9 Å². The van der Waals surface area contributed by atoms with E-state index in [4.69, 9.17) is 17.5 Å². The quantitative estimate of drug-likeness (QED) is 0.550. The number of nitriles is 1. The van der Waals surface area contributed by atoms with Gasteiger partial charge >= 0.3 is 6.18 Å². The third kappa shape index (κ3) is 3.13. The van der Waals surface area contributed by atoms with Gasteiger partial charge in [-0.3, -0.25) is 14.4 Å². The highest BCUT2D eigenvalue weighted by atomic mass is 32.1. The Bertz CT molecular complexity index is 1290. The van der Waals surface area contributed by atoms with E-state index >= 15 is 0 Å². The van der Waals surface area contributed by atoms with Crippen molar-refractivity contribution in [2.45, 2.75) is 25.6 Å². The van der Waals surface area contributed by atoms with E-state index in [2.05, 4.69) is 5.10 Å². The average molecular weight is 443 g/mol. The maximum absolute atomic E-state index is 13.4. The molecule has 2 aromatic carbocycles. The molecule has 0 spiro atoms. The zero-order valence-corrected chi connectivity index (χ0v) is 17.5. The molecule has 6 nitrogen and oxygen atoms in total. The Balaban J connectivity index is 1.83.